The van der Waals surface area contributed by atoms with Crippen LogP contribution in [-0.4, -0.2) is 47.0 Å². The Bertz CT molecular complexity index is 794. The molecule has 1 saturated heterocycles. The molecule has 1 aromatic heterocycles. The third-order valence-electron chi connectivity index (χ3n) is 4.21. The number of anilines is 1. The highest BCUT2D eigenvalue weighted by Crippen LogP contribution is 2.16. The first kappa shape index (κ1) is 17.5. The predicted octanol–water partition coefficient (Wildman–Crippen LogP) is 2.40. The number of carboxylic acid groups (broad SMARTS) is 1. The number of benzene rings is 1. The molecule has 0 atom stereocenters. The van der Waals surface area contributed by atoms with Crippen molar-refractivity contribution in [1.82, 2.24) is 10.2 Å². The zero-order valence-electron chi connectivity index (χ0n) is 14.0. The maximum atomic E-state index is 12.3. The number of furan rings is 1. The Morgan fingerprint density at radius 1 is 1.12 bits per heavy atom. The third kappa shape index (κ3) is 4.21. The topological polar surface area (TPSA) is 112 Å². The zero-order chi connectivity index (χ0) is 18.5. The minimum atomic E-state index is -1.14. The van der Waals surface area contributed by atoms with Gasteiger partial charge in [0.15, 0.2) is 5.76 Å². The summed E-state index contributed by atoms with van der Waals surface area (Å²) in [6.07, 6.45) is 2.28. The minimum Gasteiger partial charge on any atom is -0.478 e. The molecule has 0 bridgehead atoms. The van der Waals surface area contributed by atoms with E-state index in [1.807, 2.05) is 18.2 Å². The van der Waals surface area contributed by atoms with Crippen LogP contribution in [0.25, 0.3) is 0 Å². The number of aromatic carboxylic acids is 1. The molecule has 0 aliphatic carbocycles. The van der Waals surface area contributed by atoms with E-state index in [0.717, 1.165) is 6.26 Å². The molecule has 0 radical (unpaired) electrons. The van der Waals surface area contributed by atoms with E-state index < -0.39 is 5.97 Å². The number of hydrogen-bond donors (Lipinski definition) is 3. The van der Waals surface area contributed by atoms with Gasteiger partial charge in [-0.3, -0.25) is 4.79 Å². The van der Waals surface area contributed by atoms with Gasteiger partial charge in [0.05, 0.1) is 5.56 Å². The number of likely N-dealkylation sites (tertiary alicyclic amines) is 1. The number of amides is 3. The summed E-state index contributed by atoms with van der Waals surface area (Å²) >= 11 is 0. The van der Waals surface area contributed by atoms with E-state index in [0.29, 0.717) is 31.6 Å². The standard InChI is InChI=1S/C18H19N3O5/c22-16(15-10-12(11-26-15)17(23)24)21-8-6-14(7-9-21)20-18(25)19-13-4-2-1-3-5-13/h1-5,10-11,14H,6-9H2,(H,23,24)(H2,19,20,25). The fourth-order valence-electron chi connectivity index (χ4n) is 2.82. The highest BCUT2D eigenvalue weighted by molar-refractivity contribution is 5.95. The molecule has 3 rings (SSSR count). The van der Waals surface area contributed by atoms with Gasteiger partial charge in [0.25, 0.3) is 5.91 Å². The molecule has 26 heavy (non-hydrogen) atoms. The fourth-order valence-corrected chi connectivity index (χ4v) is 2.82. The second kappa shape index (κ2) is 7.73. The van der Waals surface area contributed by atoms with Gasteiger partial charge in [-0.05, 0) is 25.0 Å². The molecule has 0 spiro atoms. The second-order valence-corrected chi connectivity index (χ2v) is 6.04. The Morgan fingerprint density at radius 3 is 2.42 bits per heavy atom. The van der Waals surface area contributed by atoms with Crippen molar-refractivity contribution in [2.24, 2.45) is 0 Å². The van der Waals surface area contributed by atoms with E-state index in [2.05, 4.69) is 10.6 Å². The van der Waals surface area contributed by atoms with Crippen LogP contribution in [-0.2, 0) is 0 Å². The van der Waals surface area contributed by atoms with Crippen LogP contribution in [0.1, 0.15) is 33.8 Å². The van der Waals surface area contributed by atoms with Crippen molar-refractivity contribution in [3.8, 4) is 0 Å². The number of nitrogens with one attached hydrogen (secondary N) is 2. The van der Waals surface area contributed by atoms with Gasteiger partial charge in [-0.25, -0.2) is 9.59 Å². The van der Waals surface area contributed by atoms with E-state index >= 15 is 0 Å². The Kier molecular flexibility index (Phi) is 5.21. The summed E-state index contributed by atoms with van der Waals surface area (Å²) in [7, 11) is 0. The summed E-state index contributed by atoms with van der Waals surface area (Å²) in [5.41, 5.74) is 0.659. The number of nitrogens with zero attached hydrogens (tertiary/aromatic N) is 1. The normalized spacial score (nSPS) is 14.7. The molecule has 0 saturated carbocycles. The maximum Gasteiger partial charge on any atom is 0.338 e. The number of rotatable bonds is 4. The molecule has 0 unspecified atom stereocenters. The Labute approximate surface area is 149 Å². The van der Waals surface area contributed by atoms with E-state index in [1.54, 1.807) is 17.0 Å². The number of hydrogen-bond acceptors (Lipinski definition) is 4. The molecule has 3 N–H and O–H groups in total. The highest BCUT2D eigenvalue weighted by Gasteiger charge is 2.26. The number of urea groups is 1. The Hall–Kier alpha value is -3.29. The van der Waals surface area contributed by atoms with Gasteiger partial charge < -0.3 is 25.1 Å². The van der Waals surface area contributed by atoms with Crippen LogP contribution < -0.4 is 10.6 Å². The van der Waals surface area contributed by atoms with Gasteiger partial charge in [0.2, 0.25) is 0 Å². The van der Waals surface area contributed by atoms with Crippen molar-refractivity contribution in [1.29, 1.82) is 0 Å². The van der Waals surface area contributed by atoms with Crippen LogP contribution in [0.15, 0.2) is 47.1 Å². The van der Waals surface area contributed by atoms with Crippen LogP contribution in [0.3, 0.4) is 0 Å². The quantitative estimate of drug-likeness (QED) is 0.778. The van der Waals surface area contributed by atoms with Crippen molar-refractivity contribution >= 4 is 23.6 Å². The molecule has 1 aromatic carbocycles. The third-order valence-corrected chi connectivity index (χ3v) is 4.21. The molecular formula is C18H19N3O5. The second-order valence-electron chi connectivity index (χ2n) is 6.04. The predicted molar refractivity (Wildman–Crippen MR) is 93.2 cm³/mol. The lowest BCUT2D eigenvalue weighted by Crippen LogP contribution is -2.47. The Balaban J connectivity index is 1.48. The lowest BCUT2D eigenvalue weighted by molar-refractivity contribution is 0.0673. The van der Waals surface area contributed by atoms with Gasteiger partial charge >= 0.3 is 12.0 Å². The number of piperidine rings is 1. The smallest absolute Gasteiger partial charge is 0.338 e. The van der Waals surface area contributed by atoms with Gasteiger partial charge in [0, 0.05) is 30.9 Å². The average Bonchev–Trinajstić information content (AvgIpc) is 3.13. The SMILES string of the molecule is O=C(Nc1ccccc1)NC1CCN(C(=O)c2cc(C(=O)O)co2)CC1. The molecule has 136 valence electrons. The summed E-state index contributed by atoms with van der Waals surface area (Å²) in [6.45, 7) is 0.913. The summed E-state index contributed by atoms with van der Waals surface area (Å²) < 4.78 is 5.05. The molecule has 2 heterocycles. The number of carbonyl (C=O) groups is 3. The molecule has 8 heteroatoms. The lowest BCUT2D eigenvalue weighted by Gasteiger charge is -2.31. The average molecular weight is 357 g/mol. The first-order chi connectivity index (χ1) is 12.5. The summed E-state index contributed by atoms with van der Waals surface area (Å²) in [4.78, 5) is 36.8. The van der Waals surface area contributed by atoms with Crippen molar-refractivity contribution < 1.29 is 23.9 Å². The van der Waals surface area contributed by atoms with Crippen LogP contribution in [0.4, 0.5) is 10.5 Å². The molecule has 8 nitrogen and oxygen atoms in total. The van der Waals surface area contributed by atoms with E-state index in [4.69, 9.17) is 9.52 Å². The number of carbonyl (C=O) groups excluding carboxylic acids is 2. The summed E-state index contributed by atoms with van der Waals surface area (Å²) in [6, 6.07) is 10.1. The summed E-state index contributed by atoms with van der Waals surface area (Å²) in [5.74, 6) is -1.47. The summed E-state index contributed by atoms with van der Waals surface area (Å²) in [5, 5.41) is 14.5. The van der Waals surface area contributed by atoms with Crippen molar-refractivity contribution in [2.75, 3.05) is 18.4 Å². The first-order valence-electron chi connectivity index (χ1n) is 8.26. The van der Waals surface area contributed by atoms with Crippen LogP contribution >= 0.6 is 0 Å². The molecular weight excluding hydrogens is 338 g/mol. The van der Waals surface area contributed by atoms with E-state index in [9.17, 15) is 14.4 Å². The number of para-hydroxylation sites is 1. The largest absolute Gasteiger partial charge is 0.478 e. The molecule has 1 aliphatic heterocycles. The van der Waals surface area contributed by atoms with Gasteiger partial charge in [-0.1, -0.05) is 18.2 Å². The van der Waals surface area contributed by atoms with E-state index in [1.165, 1.54) is 6.07 Å². The monoisotopic (exact) mass is 357 g/mol. The number of carboxylic acids is 1. The van der Waals surface area contributed by atoms with Crippen LogP contribution in [0.2, 0.25) is 0 Å². The van der Waals surface area contributed by atoms with Crippen molar-refractivity contribution in [2.45, 2.75) is 18.9 Å². The van der Waals surface area contributed by atoms with Gasteiger partial charge in [0.1, 0.15) is 6.26 Å². The van der Waals surface area contributed by atoms with Crippen LogP contribution in [0, 0.1) is 0 Å². The highest BCUT2D eigenvalue weighted by atomic mass is 16.4. The molecule has 1 aliphatic rings. The fraction of sp³-hybridized carbons (Fsp3) is 0.278. The molecule has 2 aromatic rings. The Morgan fingerprint density at radius 2 is 1.81 bits per heavy atom. The first-order valence-corrected chi connectivity index (χ1v) is 8.26. The van der Waals surface area contributed by atoms with Crippen molar-refractivity contribution in [3.63, 3.8) is 0 Å². The maximum absolute atomic E-state index is 12.3. The van der Waals surface area contributed by atoms with E-state index in [-0.39, 0.29) is 29.3 Å². The minimum absolute atomic E-state index is 0.00984. The molecule has 3 amide bonds. The molecule has 1 fully saturated rings. The van der Waals surface area contributed by atoms with Gasteiger partial charge in [-0.15, -0.1) is 0 Å². The van der Waals surface area contributed by atoms with Crippen LogP contribution in [0.5, 0.6) is 0 Å². The zero-order valence-corrected chi connectivity index (χ0v) is 14.0. The lowest BCUT2D eigenvalue weighted by atomic mass is 10.0. The van der Waals surface area contributed by atoms with Gasteiger partial charge in [-0.2, -0.15) is 0 Å². The van der Waals surface area contributed by atoms with Crippen molar-refractivity contribution in [3.05, 3.63) is 54.0 Å².